The molecule has 1 heterocycles. The van der Waals surface area contributed by atoms with Gasteiger partial charge in [-0.3, -0.25) is 0 Å². The third-order valence-electron chi connectivity index (χ3n) is 2.74. The second-order valence-electron chi connectivity index (χ2n) is 3.83. The van der Waals surface area contributed by atoms with Crippen LogP contribution in [0.5, 0.6) is 0 Å². The highest BCUT2D eigenvalue weighted by molar-refractivity contribution is 6.30. The summed E-state index contributed by atoms with van der Waals surface area (Å²) in [5.74, 6) is 0.128. The van der Waals surface area contributed by atoms with Gasteiger partial charge in [0.2, 0.25) is 0 Å². The molecule has 0 radical (unpaired) electrons. The molecule has 1 aliphatic heterocycles. The fourth-order valence-electron chi connectivity index (χ4n) is 1.89. The minimum atomic E-state index is 0.0210. The third kappa shape index (κ3) is 2.58. The maximum atomic E-state index is 10.7. The highest BCUT2D eigenvalue weighted by Crippen LogP contribution is 2.31. The summed E-state index contributed by atoms with van der Waals surface area (Å²) >= 11 is 5.91. The maximum Gasteiger partial charge on any atom is 0.123 e. The highest BCUT2D eigenvalue weighted by Gasteiger charge is 2.23. The first-order valence-electron chi connectivity index (χ1n) is 5.12. The molecule has 1 aliphatic rings. The van der Waals surface area contributed by atoms with E-state index in [-0.39, 0.29) is 12.0 Å². The van der Waals surface area contributed by atoms with Gasteiger partial charge >= 0.3 is 0 Å². The van der Waals surface area contributed by atoms with E-state index in [2.05, 4.69) is 0 Å². The van der Waals surface area contributed by atoms with Crippen molar-refractivity contribution in [1.29, 1.82) is 0 Å². The van der Waals surface area contributed by atoms with Crippen molar-refractivity contribution in [3.63, 3.8) is 0 Å². The van der Waals surface area contributed by atoms with Gasteiger partial charge in [-0.1, -0.05) is 23.7 Å². The van der Waals surface area contributed by atoms with Gasteiger partial charge in [0, 0.05) is 17.5 Å². The summed E-state index contributed by atoms with van der Waals surface area (Å²) in [6, 6.07) is 7.64. The zero-order valence-corrected chi connectivity index (χ0v) is 9.11. The molecule has 0 spiro atoms. The van der Waals surface area contributed by atoms with Crippen LogP contribution in [0.1, 0.15) is 24.5 Å². The van der Waals surface area contributed by atoms with Gasteiger partial charge in [-0.25, -0.2) is 0 Å². The number of carbonyl (C=O) groups excluding carboxylic acids is 1. The van der Waals surface area contributed by atoms with E-state index in [1.54, 1.807) is 0 Å². The number of ether oxygens (including phenoxy) is 1. The lowest BCUT2D eigenvalue weighted by Gasteiger charge is -2.26. The monoisotopic (exact) mass is 224 g/mol. The molecule has 2 atom stereocenters. The number of rotatable bonds is 2. The molecule has 0 bridgehead atoms. The van der Waals surface area contributed by atoms with E-state index < -0.39 is 0 Å². The van der Waals surface area contributed by atoms with Gasteiger partial charge in [-0.05, 0) is 30.5 Å². The Morgan fingerprint density at radius 3 is 3.07 bits per heavy atom. The molecular formula is C12H13ClO2. The Morgan fingerprint density at radius 1 is 1.47 bits per heavy atom. The normalized spacial score (nSPS) is 26.2. The van der Waals surface area contributed by atoms with Crippen molar-refractivity contribution in [1.82, 2.24) is 0 Å². The van der Waals surface area contributed by atoms with Gasteiger partial charge in [-0.15, -0.1) is 0 Å². The van der Waals surface area contributed by atoms with Crippen molar-refractivity contribution in [2.75, 3.05) is 6.61 Å². The summed E-state index contributed by atoms with van der Waals surface area (Å²) in [6.45, 7) is 0.653. The zero-order chi connectivity index (χ0) is 10.7. The largest absolute Gasteiger partial charge is 0.373 e. The summed E-state index contributed by atoms with van der Waals surface area (Å²) < 4.78 is 5.63. The van der Waals surface area contributed by atoms with Gasteiger partial charge < -0.3 is 9.53 Å². The Bertz CT molecular complexity index is 351. The fourth-order valence-corrected chi connectivity index (χ4v) is 2.08. The van der Waals surface area contributed by atoms with Crippen molar-refractivity contribution < 1.29 is 9.53 Å². The third-order valence-corrected chi connectivity index (χ3v) is 2.97. The standard InChI is InChI=1S/C12H13ClO2/c13-11-3-1-2-10(7-11)12-6-9(8-14)4-5-15-12/h1-3,7-9,12H,4-6H2. The summed E-state index contributed by atoms with van der Waals surface area (Å²) in [7, 11) is 0. The second-order valence-corrected chi connectivity index (χ2v) is 4.27. The van der Waals surface area contributed by atoms with Crippen molar-refractivity contribution in [3.8, 4) is 0 Å². The van der Waals surface area contributed by atoms with Crippen LogP contribution in [0.3, 0.4) is 0 Å². The molecule has 2 nitrogen and oxygen atoms in total. The molecule has 0 N–H and O–H groups in total. The summed E-state index contributed by atoms with van der Waals surface area (Å²) in [4.78, 5) is 10.7. The maximum absolute atomic E-state index is 10.7. The topological polar surface area (TPSA) is 26.3 Å². The first kappa shape index (κ1) is 10.7. The molecule has 80 valence electrons. The fraction of sp³-hybridized carbons (Fsp3) is 0.417. The smallest absolute Gasteiger partial charge is 0.123 e. The van der Waals surface area contributed by atoms with E-state index in [0.29, 0.717) is 11.6 Å². The molecule has 15 heavy (non-hydrogen) atoms. The van der Waals surface area contributed by atoms with Crippen molar-refractivity contribution in [2.24, 2.45) is 5.92 Å². The number of carbonyl (C=O) groups is 1. The molecule has 0 amide bonds. The molecule has 1 fully saturated rings. The van der Waals surface area contributed by atoms with Crippen molar-refractivity contribution >= 4 is 17.9 Å². The quantitative estimate of drug-likeness (QED) is 0.722. The molecule has 0 aromatic heterocycles. The van der Waals surface area contributed by atoms with Crippen LogP contribution >= 0.6 is 11.6 Å². The van der Waals surface area contributed by atoms with E-state index in [0.717, 1.165) is 24.7 Å². The molecule has 2 unspecified atom stereocenters. The van der Waals surface area contributed by atoms with Crippen LogP contribution in [0.15, 0.2) is 24.3 Å². The van der Waals surface area contributed by atoms with Crippen LogP contribution in [0.25, 0.3) is 0 Å². The van der Waals surface area contributed by atoms with Crippen LogP contribution < -0.4 is 0 Å². The number of hydrogen-bond donors (Lipinski definition) is 0. The predicted octanol–water partition coefficient (Wildman–Crippen LogP) is 3.01. The predicted molar refractivity (Wildman–Crippen MR) is 58.9 cm³/mol. The highest BCUT2D eigenvalue weighted by atomic mass is 35.5. The van der Waals surface area contributed by atoms with E-state index in [4.69, 9.17) is 16.3 Å². The van der Waals surface area contributed by atoms with Crippen molar-refractivity contribution in [3.05, 3.63) is 34.9 Å². The first-order valence-corrected chi connectivity index (χ1v) is 5.50. The average molecular weight is 225 g/mol. The number of hydrogen-bond acceptors (Lipinski definition) is 2. The summed E-state index contributed by atoms with van der Waals surface area (Å²) in [5.41, 5.74) is 1.06. The zero-order valence-electron chi connectivity index (χ0n) is 8.36. The van der Waals surface area contributed by atoms with Crippen molar-refractivity contribution in [2.45, 2.75) is 18.9 Å². The Hall–Kier alpha value is -0.860. The molecular weight excluding hydrogens is 212 g/mol. The molecule has 2 rings (SSSR count). The van der Waals surface area contributed by atoms with Gasteiger partial charge in [0.15, 0.2) is 0 Å². The van der Waals surface area contributed by atoms with E-state index in [1.165, 1.54) is 0 Å². The number of aldehydes is 1. The molecule has 1 aromatic rings. The van der Waals surface area contributed by atoms with Crippen LogP contribution in [0, 0.1) is 5.92 Å². The van der Waals surface area contributed by atoms with Crippen LogP contribution in [-0.4, -0.2) is 12.9 Å². The summed E-state index contributed by atoms with van der Waals surface area (Å²) in [5, 5.41) is 0.712. The molecule has 0 saturated carbocycles. The van der Waals surface area contributed by atoms with E-state index in [1.807, 2.05) is 24.3 Å². The SMILES string of the molecule is O=CC1CCOC(c2cccc(Cl)c2)C1. The lowest BCUT2D eigenvalue weighted by atomic mass is 9.93. The van der Waals surface area contributed by atoms with Crippen LogP contribution in [-0.2, 0) is 9.53 Å². The number of halogens is 1. The minimum Gasteiger partial charge on any atom is -0.373 e. The minimum absolute atomic E-state index is 0.0210. The van der Waals surface area contributed by atoms with Crippen LogP contribution in [0.4, 0.5) is 0 Å². The molecule has 1 saturated heterocycles. The molecule has 0 aliphatic carbocycles. The van der Waals surface area contributed by atoms with Gasteiger partial charge in [0.25, 0.3) is 0 Å². The Balaban J connectivity index is 2.13. The summed E-state index contributed by atoms with van der Waals surface area (Å²) in [6.07, 6.45) is 2.65. The van der Waals surface area contributed by atoms with Gasteiger partial charge in [0.05, 0.1) is 6.10 Å². The Kier molecular flexibility index (Phi) is 3.39. The average Bonchev–Trinajstić information content (AvgIpc) is 2.29. The number of benzene rings is 1. The Labute approximate surface area is 94.2 Å². The Morgan fingerprint density at radius 2 is 2.33 bits per heavy atom. The van der Waals surface area contributed by atoms with E-state index in [9.17, 15) is 4.79 Å². The first-order chi connectivity index (χ1) is 7.29. The van der Waals surface area contributed by atoms with E-state index >= 15 is 0 Å². The van der Waals surface area contributed by atoms with Gasteiger partial charge in [0.1, 0.15) is 6.29 Å². The van der Waals surface area contributed by atoms with Gasteiger partial charge in [-0.2, -0.15) is 0 Å². The second kappa shape index (κ2) is 4.77. The molecule has 1 aromatic carbocycles. The van der Waals surface area contributed by atoms with Crippen LogP contribution in [0.2, 0.25) is 5.02 Å². The lowest BCUT2D eigenvalue weighted by molar-refractivity contribution is -0.115. The lowest BCUT2D eigenvalue weighted by Crippen LogP contribution is -2.20. The molecule has 3 heteroatoms.